The van der Waals surface area contributed by atoms with E-state index >= 15 is 0 Å². The number of unbranched alkanes of at least 4 members (excludes halogenated alkanes) is 4. The highest BCUT2D eigenvalue weighted by molar-refractivity contribution is 5.66. The minimum Gasteiger partial charge on any atom is -0.481 e. The number of epoxide rings is 1. The van der Waals surface area contributed by atoms with Crippen LogP contribution >= 0.6 is 0 Å². The van der Waals surface area contributed by atoms with Gasteiger partial charge in [-0.3, -0.25) is 4.79 Å². The van der Waals surface area contributed by atoms with Gasteiger partial charge in [0.05, 0.1) is 12.2 Å². The fourth-order valence-electron chi connectivity index (χ4n) is 2.42. The predicted molar refractivity (Wildman–Crippen MR) is 97.0 cm³/mol. The normalized spacial score (nSPS) is 21.9. The van der Waals surface area contributed by atoms with Crippen molar-refractivity contribution >= 4 is 5.97 Å². The Morgan fingerprint density at radius 3 is 2.62 bits per heavy atom. The van der Waals surface area contributed by atoms with E-state index in [-0.39, 0.29) is 18.6 Å². The number of ether oxygens (including phenoxy) is 1. The first-order valence-corrected chi connectivity index (χ1v) is 9.17. The van der Waals surface area contributed by atoms with Crippen LogP contribution < -0.4 is 0 Å². The third-order valence-electron chi connectivity index (χ3n) is 3.96. The molecular formula is C20H32O4. The van der Waals surface area contributed by atoms with Crippen LogP contribution in [0.25, 0.3) is 0 Å². The molecule has 0 aliphatic carbocycles. The lowest BCUT2D eigenvalue weighted by atomic mass is 10.1. The van der Waals surface area contributed by atoms with E-state index in [9.17, 15) is 9.90 Å². The summed E-state index contributed by atoms with van der Waals surface area (Å²) in [5.74, 6) is -0.763. The van der Waals surface area contributed by atoms with Crippen molar-refractivity contribution < 1.29 is 19.7 Å². The van der Waals surface area contributed by atoms with Crippen molar-refractivity contribution in [1.82, 2.24) is 0 Å². The molecule has 1 aliphatic heterocycles. The molecule has 24 heavy (non-hydrogen) atoms. The molecule has 136 valence electrons. The van der Waals surface area contributed by atoms with Crippen molar-refractivity contribution in [2.75, 3.05) is 0 Å². The Labute approximate surface area is 145 Å². The maximum absolute atomic E-state index is 10.4. The van der Waals surface area contributed by atoms with Gasteiger partial charge < -0.3 is 14.9 Å². The van der Waals surface area contributed by atoms with E-state index < -0.39 is 12.1 Å². The number of hydrogen-bond donors (Lipinski definition) is 2. The monoisotopic (exact) mass is 336 g/mol. The first kappa shape index (κ1) is 20.7. The molecule has 0 spiro atoms. The average molecular weight is 336 g/mol. The maximum atomic E-state index is 10.4. The summed E-state index contributed by atoms with van der Waals surface area (Å²) >= 11 is 0. The molecule has 0 radical (unpaired) electrons. The molecule has 1 saturated heterocycles. The van der Waals surface area contributed by atoms with Gasteiger partial charge in [0.2, 0.25) is 0 Å². The standard InChI is InChI=1S/C20H32O4/c1-2-3-4-5-6-10-13-18-19(24-18)16-15-17(21)12-9-7-8-11-14-20(22)23/h6-7,9-10,15-19,21H,2-5,8,11-14H2,1H3,(H,22,23)/b9-7-,10-6-,16-15+/t17?,18-,19-/m0/s1. The van der Waals surface area contributed by atoms with Gasteiger partial charge in [0, 0.05) is 6.42 Å². The second-order valence-electron chi connectivity index (χ2n) is 6.29. The van der Waals surface area contributed by atoms with E-state index in [1.807, 2.05) is 18.2 Å². The molecule has 4 nitrogen and oxygen atoms in total. The molecule has 0 aromatic carbocycles. The number of aliphatic hydroxyl groups is 1. The number of aliphatic carboxylic acids is 1. The van der Waals surface area contributed by atoms with Crippen molar-refractivity contribution in [2.24, 2.45) is 0 Å². The summed E-state index contributed by atoms with van der Waals surface area (Å²) in [7, 11) is 0. The van der Waals surface area contributed by atoms with Crippen LogP contribution in [0.1, 0.15) is 64.7 Å². The van der Waals surface area contributed by atoms with Gasteiger partial charge >= 0.3 is 5.97 Å². The van der Waals surface area contributed by atoms with E-state index in [4.69, 9.17) is 9.84 Å². The molecule has 1 rings (SSSR count). The molecule has 3 atom stereocenters. The fourth-order valence-corrected chi connectivity index (χ4v) is 2.42. The van der Waals surface area contributed by atoms with Crippen LogP contribution in [0.15, 0.2) is 36.5 Å². The Balaban J connectivity index is 2.04. The zero-order valence-corrected chi connectivity index (χ0v) is 14.8. The van der Waals surface area contributed by atoms with Crippen LogP contribution in [0, 0.1) is 0 Å². The molecule has 0 amide bonds. The summed E-state index contributed by atoms with van der Waals surface area (Å²) < 4.78 is 5.55. The highest BCUT2D eigenvalue weighted by atomic mass is 16.6. The summed E-state index contributed by atoms with van der Waals surface area (Å²) in [6.07, 6.45) is 19.9. The second-order valence-corrected chi connectivity index (χ2v) is 6.29. The molecular weight excluding hydrogens is 304 g/mol. The van der Waals surface area contributed by atoms with Gasteiger partial charge in [0.15, 0.2) is 0 Å². The average Bonchev–Trinajstić information content (AvgIpc) is 3.30. The second kappa shape index (κ2) is 13.0. The lowest BCUT2D eigenvalue weighted by Gasteiger charge is -1.99. The van der Waals surface area contributed by atoms with Crippen molar-refractivity contribution in [3.8, 4) is 0 Å². The predicted octanol–water partition coefficient (Wildman–Crippen LogP) is 4.40. The van der Waals surface area contributed by atoms with Crippen LogP contribution in [-0.2, 0) is 9.53 Å². The Bertz CT molecular complexity index is 425. The van der Waals surface area contributed by atoms with Gasteiger partial charge in [-0.05, 0) is 38.5 Å². The van der Waals surface area contributed by atoms with Gasteiger partial charge in [-0.1, -0.05) is 56.2 Å². The maximum Gasteiger partial charge on any atom is 0.303 e. The van der Waals surface area contributed by atoms with E-state index in [2.05, 4.69) is 19.1 Å². The molecule has 0 saturated carbocycles. The molecule has 1 unspecified atom stereocenters. The highest BCUT2D eigenvalue weighted by Gasteiger charge is 2.34. The van der Waals surface area contributed by atoms with Crippen LogP contribution in [0.3, 0.4) is 0 Å². The number of carbonyl (C=O) groups is 1. The Morgan fingerprint density at radius 1 is 1.12 bits per heavy atom. The smallest absolute Gasteiger partial charge is 0.303 e. The SMILES string of the molecule is CCCCC/C=C\C[C@@H]1O[C@H]1/C=C/C(O)C/C=C\CCCC(=O)O. The first-order chi connectivity index (χ1) is 11.6. The molecule has 1 heterocycles. The van der Waals surface area contributed by atoms with Gasteiger partial charge in [-0.15, -0.1) is 0 Å². The fraction of sp³-hybridized carbons (Fsp3) is 0.650. The van der Waals surface area contributed by atoms with Gasteiger partial charge in [0.25, 0.3) is 0 Å². The van der Waals surface area contributed by atoms with Crippen molar-refractivity contribution in [3.63, 3.8) is 0 Å². The number of hydrogen-bond acceptors (Lipinski definition) is 3. The minimum atomic E-state index is -0.763. The third-order valence-corrected chi connectivity index (χ3v) is 3.96. The summed E-state index contributed by atoms with van der Waals surface area (Å²) in [6.45, 7) is 2.21. The van der Waals surface area contributed by atoms with Gasteiger partial charge in [-0.25, -0.2) is 0 Å². The number of aliphatic hydroxyl groups excluding tert-OH is 1. The zero-order valence-electron chi connectivity index (χ0n) is 14.8. The van der Waals surface area contributed by atoms with E-state index in [0.29, 0.717) is 12.8 Å². The number of rotatable bonds is 14. The molecule has 0 aromatic heterocycles. The Hall–Kier alpha value is -1.39. The summed E-state index contributed by atoms with van der Waals surface area (Å²) in [6, 6.07) is 0. The Morgan fingerprint density at radius 2 is 1.88 bits per heavy atom. The first-order valence-electron chi connectivity index (χ1n) is 9.17. The summed E-state index contributed by atoms with van der Waals surface area (Å²) in [5.41, 5.74) is 0. The number of allylic oxidation sites excluding steroid dienone is 2. The van der Waals surface area contributed by atoms with Crippen LogP contribution in [0.2, 0.25) is 0 Å². The lowest BCUT2D eigenvalue weighted by Crippen LogP contribution is -2.00. The molecule has 4 heteroatoms. The van der Waals surface area contributed by atoms with Gasteiger partial charge in [-0.2, -0.15) is 0 Å². The topological polar surface area (TPSA) is 70.1 Å². The largest absolute Gasteiger partial charge is 0.481 e. The Kier molecular flexibility index (Phi) is 11.2. The molecule has 2 N–H and O–H groups in total. The van der Waals surface area contributed by atoms with Crippen LogP contribution in [-0.4, -0.2) is 34.5 Å². The quantitative estimate of drug-likeness (QED) is 0.280. The summed E-state index contributed by atoms with van der Waals surface area (Å²) in [5, 5.41) is 18.4. The van der Waals surface area contributed by atoms with Crippen LogP contribution in [0.5, 0.6) is 0 Å². The minimum absolute atomic E-state index is 0.138. The van der Waals surface area contributed by atoms with Gasteiger partial charge in [0.1, 0.15) is 6.10 Å². The molecule has 0 aromatic rings. The van der Waals surface area contributed by atoms with Crippen molar-refractivity contribution in [3.05, 3.63) is 36.5 Å². The van der Waals surface area contributed by atoms with E-state index in [0.717, 1.165) is 19.3 Å². The third kappa shape index (κ3) is 11.2. The van der Waals surface area contributed by atoms with Crippen molar-refractivity contribution in [2.45, 2.75) is 83.0 Å². The molecule has 1 aliphatic rings. The van der Waals surface area contributed by atoms with Crippen molar-refractivity contribution in [1.29, 1.82) is 0 Å². The number of carboxylic acids is 1. The summed E-state index contributed by atoms with van der Waals surface area (Å²) in [4.78, 5) is 10.4. The van der Waals surface area contributed by atoms with Crippen LogP contribution in [0.4, 0.5) is 0 Å². The zero-order chi connectivity index (χ0) is 17.6. The molecule has 1 fully saturated rings. The van der Waals surface area contributed by atoms with E-state index in [1.165, 1.54) is 19.3 Å². The highest BCUT2D eigenvalue weighted by Crippen LogP contribution is 2.27. The number of carboxylic acid groups (broad SMARTS) is 1. The molecule has 0 bridgehead atoms. The van der Waals surface area contributed by atoms with E-state index in [1.54, 1.807) is 6.08 Å². The lowest BCUT2D eigenvalue weighted by molar-refractivity contribution is -0.137.